The van der Waals surface area contributed by atoms with Crippen LogP contribution in [0.4, 0.5) is 11.4 Å². The van der Waals surface area contributed by atoms with E-state index < -0.39 is 0 Å². The number of benzene rings is 1. The van der Waals surface area contributed by atoms with Crippen LogP contribution in [-0.4, -0.2) is 22.0 Å². The lowest BCUT2D eigenvalue weighted by atomic mass is 10.1. The van der Waals surface area contributed by atoms with E-state index in [1.54, 1.807) is 25.1 Å². The van der Waals surface area contributed by atoms with Crippen LogP contribution < -0.4 is 10.6 Å². The van der Waals surface area contributed by atoms with Crippen LogP contribution in [0.1, 0.15) is 28.7 Å². The molecule has 0 aliphatic rings. The summed E-state index contributed by atoms with van der Waals surface area (Å²) in [6.07, 6.45) is 0.388. The molecule has 0 radical (unpaired) electrons. The highest BCUT2D eigenvalue weighted by Gasteiger charge is 2.14. The molecule has 2 rings (SSSR count). The first-order valence-corrected chi connectivity index (χ1v) is 7.40. The van der Waals surface area contributed by atoms with Gasteiger partial charge >= 0.3 is 0 Å². The van der Waals surface area contributed by atoms with Crippen molar-refractivity contribution >= 4 is 46.1 Å². The summed E-state index contributed by atoms with van der Waals surface area (Å²) in [5.74, 6) is -0.473. The number of carbonyl (C=O) groups excluding carboxylic acids is 2. The van der Waals surface area contributed by atoms with Crippen molar-refractivity contribution in [2.75, 3.05) is 10.6 Å². The molecule has 2 N–H and O–H groups in total. The molecule has 0 saturated carbocycles. The second-order valence-corrected chi connectivity index (χ2v) is 5.75. The highest BCUT2D eigenvalue weighted by Crippen LogP contribution is 2.24. The number of carbonyl (C=O) groups is 2. The van der Waals surface area contributed by atoms with E-state index in [2.05, 4.69) is 20.8 Å². The largest absolute Gasteiger partial charge is 0.326 e. The van der Waals surface area contributed by atoms with Crippen LogP contribution in [0.5, 0.6) is 0 Å². The SMILES string of the molecule is CCC(=O)Nc1cccc(NC(=O)c2nnc(Cl)s2)c1C. The summed E-state index contributed by atoms with van der Waals surface area (Å²) in [7, 11) is 0. The Balaban J connectivity index is 2.18. The Bertz CT molecular complexity index is 687. The van der Waals surface area contributed by atoms with Gasteiger partial charge in [0.05, 0.1) is 0 Å². The third-order valence-electron chi connectivity index (χ3n) is 2.77. The van der Waals surface area contributed by atoms with Crippen molar-refractivity contribution in [1.82, 2.24) is 10.2 Å². The smallest absolute Gasteiger partial charge is 0.286 e. The van der Waals surface area contributed by atoms with Gasteiger partial charge in [-0.1, -0.05) is 24.3 Å². The zero-order valence-corrected chi connectivity index (χ0v) is 13.0. The second-order valence-electron chi connectivity index (χ2n) is 4.19. The van der Waals surface area contributed by atoms with Gasteiger partial charge in [-0.2, -0.15) is 0 Å². The maximum absolute atomic E-state index is 12.0. The summed E-state index contributed by atoms with van der Waals surface area (Å²) in [5.41, 5.74) is 2.03. The maximum Gasteiger partial charge on any atom is 0.286 e. The summed E-state index contributed by atoms with van der Waals surface area (Å²) in [6.45, 7) is 3.59. The average molecular weight is 325 g/mol. The molecule has 2 amide bonds. The molecule has 0 bridgehead atoms. The first-order chi connectivity index (χ1) is 10.0. The van der Waals surface area contributed by atoms with Gasteiger partial charge in [-0.15, -0.1) is 10.2 Å². The van der Waals surface area contributed by atoms with Crippen molar-refractivity contribution in [3.05, 3.63) is 33.2 Å². The lowest BCUT2D eigenvalue weighted by Gasteiger charge is -2.12. The molecule has 0 saturated heterocycles. The Labute approximate surface area is 130 Å². The molecular weight excluding hydrogens is 312 g/mol. The minimum absolute atomic E-state index is 0.0857. The second kappa shape index (κ2) is 6.64. The fourth-order valence-electron chi connectivity index (χ4n) is 1.62. The Morgan fingerprint density at radius 1 is 1.24 bits per heavy atom. The van der Waals surface area contributed by atoms with Crippen LogP contribution >= 0.6 is 22.9 Å². The molecule has 0 aliphatic carbocycles. The Morgan fingerprint density at radius 3 is 2.48 bits per heavy atom. The van der Waals surface area contributed by atoms with Crippen molar-refractivity contribution in [1.29, 1.82) is 0 Å². The van der Waals surface area contributed by atoms with Crippen molar-refractivity contribution in [2.24, 2.45) is 0 Å². The number of hydrogen-bond acceptors (Lipinski definition) is 5. The number of anilines is 2. The predicted octanol–water partition coefficient (Wildman–Crippen LogP) is 3.10. The molecule has 1 heterocycles. The molecule has 6 nitrogen and oxygen atoms in total. The molecular formula is C13H13ClN4O2S. The lowest BCUT2D eigenvalue weighted by Crippen LogP contribution is -2.15. The molecule has 0 fully saturated rings. The normalized spacial score (nSPS) is 10.2. The van der Waals surface area contributed by atoms with E-state index in [1.165, 1.54) is 0 Å². The molecule has 1 aromatic carbocycles. The van der Waals surface area contributed by atoms with E-state index in [1.807, 2.05) is 6.92 Å². The summed E-state index contributed by atoms with van der Waals surface area (Å²) in [4.78, 5) is 23.5. The van der Waals surface area contributed by atoms with Gasteiger partial charge in [-0.05, 0) is 36.2 Å². The van der Waals surface area contributed by atoms with E-state index in [4.69, 9.17) is 11.6 Å². The van der Waals surface area contributed by atoms with Crippen LogP contribution in [-0.2, 0) is 4.79 Å². The predicted molar refractivity (Wildman–Crippen MR) is 83.0 cm³/mol. The first kappa shape index (κ1) is 15.4. The Kier molecular flexibility index (Phi) is 4.87. The zero-order valence-electron chi connectivity index (χ0n) is 11.4. The fraction of sp³-hybridized carbons (Fsp3) is 0.231. The van der Waals surface area contributed by atoms with Gasteiger partial charge < -0.3 is 10.6 Å². The van der Waals surface area contributed by atoms with Crippen LogP contribution in [0.3, 0.4) is 0 Å². The molecule has 0 aliphatic heterocycles. The summed E-state index contributed by atoms with van der Waals surface area (Å²) in [6, 6.07) is 5.28. The first-order valence-electron chi connectivity index (χ1n) is 6.21. The number of rotatable bonds is 4. The standard InChI is InChI=1S/C13H13ClN4O2S/c1-3-10(19)15-8-5-4-6-9(7(8)2)16-11(20)12-17-18-13(14)21-12/h4-6H,3H2,1-2H3,(H,15,19)(H,16,20). The number of amides is 2. The molecule has 0 atom stereocenters. The average Bonchev–Trinajstić information content (AvgIpc) is 2.89. The number of nitrogens with one attached hydrogen (secondary N) is 2. The summed E-state index contributed by atoms with van der Waals surface area (Å²) >= 11 is 6.66. The minimum Gasteiger partial charge on any atom is -0.326 e. The number of nitrogens with zero attached hydrogens (tertiary/aromatic N) is 2. The Hall–Kier alpha value is -1.99. The summed E-state index contributed by atoms with van der Waals surface area (Å²) in [5, 5.41) is 13.0. The van der Waals surface area contributed by atoms with Gasteiger partial charge in [0.15, 0.2) is 0 Å². The van der Waals surface area contributed by atoms with E-state index in [9.17, 15) is 9.59 Å². The van der Waals surface area contributed by atoms with Crippen molar-refractivity contribution in [2.45, 2.75) is 20.3 Å². The monoisotopic (exact) mass is 324 g/mol. The third kappa shape index (κ3) is 3.77. The minimum atomic E-state index is -0.388. The van der Waals surface area contributed by atoms with E-state index in [0.717, 1.165) is 16.9 Å². The third-order valence-corrected chi connectivity index (χ3v) is 3.79. The van der Waals surface area contributed by atoms with Crippen LogP contribution in [0, 0.1) is 6.92 Å². The topological polar surface area (TPSA) is 84.0 Å². The molecule has 1 aromatic heterocycles. The molecule has 21 heavy (non-hydrogen) atoms. The maximum atomic E-state index is 12.0. The highest BCUT2D eigenvalue weighted by molar-refractivity contribution is 7.17. The number of hydrogen-bond donors (Lipinski definition) is 2. The lowest BCUT2D eigenvalue weighted by molar-refractivity contribution is -0.115. The van der Waals surface area contributed by atoms with E-state index in [0.29, 0.717) is 17.8 Å². The van der Waals surface area contributed by atoms with Gasteiger partial charge in [-0.25, -0.2) is 0 Å². The number of halogens is 1. The molecule has 2 aromatic rings. The molecule has 0 unspecified atom stereocenters. The Morgan fingerprint density at radius 2 is 1.90 bits per heavy atom. The van der Waals surface area contributed by atoms with Gasteiger partial charge in [0, 0.05) is 17.8 Å². The van der Waals surface area contributed by atoms with Crippen LogP contribution in [0.25, 0.3) is 0 Å². The van der Waals surface area contributed by atoms with E-state index >= 15 is 0 Å². The summed E-state index contributed by atoms with van der Waals surface area (Å²) < 4.78 is 0.209. The molecule has 110 valence electrons. The highest BCUT2D eigenvalue weighted by atomic mass is 35.5. The molecule has 8 heteroatoms. The van der Waals surface area contributed by atoms with Gasteiger partial charge in [-0.3, -0.25) is 9.59 Å². The zero-order chi connectivity index (χ0) is 15.4. The van der Waals surface area contributed by atoms with Crippen molar-refractivity contribution in [3.63, 3.8) is 0 Å². The van der Waals surface area contributed by atoms with Crippen molar-refractivity contribution in [3.8, 4) is 0 Å². The fourth-order valence-corrected chi connectivity index (χ4v) is 2.34. The quantitative estimate of drug-likeness (QED) is 0.905. The molecule has 0 spiro atoms. The van der Waals surface area contributed by atoms with E-state index in [-0.39, 0.29) is 21.3 Å². The van der Waals surface area contributed by atoms with Crippen LogP contribution in [0.2, 0.25) is 4.47 Å². The van der Waals surface area contributed by atoms with Crippen molar-refractivity contribution < 1.29 is 9.59 Å². The van der Waals surface area contributed by atoms with Gasteiger partial charge in [0.1, 0.15) is 0 Å². The van der Waals surface area contributed by atoms with Gasteiger partial charge in [0.2, 0.25) is 15.4 Å². The van der Waals surface area contributed by atoms with Crippen LogP contribution in [0.15, 0.2) is 18.2 Å². The van der Waals surface area contributed by atoms with Gasteiger partial charge in [0.25, 0.3) is 5.91 Å². The number of aromatic nitrogens is 2.